The Balaban J connectivity index is 1.76. The molecule has 1 aromatic heterocycles. The van der Waals surface area contributed by atoms with Crippen LogP contribution < -0.4 is 0 Å². The Bertz CT molecular complexity index is 997. The summed E-state index contributed by atoms with van der Waals surface area (Å²) in [6.45, 7) is 5.10. The highest BCUT2D eigenvalue weighted by molar-refractivity contribution is 7.99. The van der Waals surface area contributed by atoms with Gasteiger partial charge in [-0.15, -0.1) is 0 Å². The van der Waals surface area contributed by atoms with Crippen molar-refractivity contribution in [3.05, 3.63) is 76.7 Å². The van der Waals surface area contributed by atoms with Gasteiger partial charge in [-0.05, 0) is 29.7 Å². The van der Waals surface area contributed by atoms with Crippen molar-refractivity contribution in [2.24, 2.45) is 0 Å². The van der Waals surface area contributed by atoms with Crippen LogP contribution in [0, 0.1) is 22.7 Å². The summed E-state index contributed by atoms with van der Waals surface area (Å²) in [6.07, 6.45) is 0. The maximum atomic E-state index is 9.18. The number of H-pyrrole nitrogens is 1. The topological polar surface area (TPSA) is 85.5 Å². The zero-order chi connectivity index (χ0) is 19.9. The van der Waals surface area contributed by atoms with Crippen LogP contribution in [0.5, 0.6) is 0 Å². The highest BCUT2D eigenvalue weighted by Crippen LogP contribution is 2.33. The fourth-order valence-corrected chi connectivity index (χ4v) is 3.84. The molecule has 0 amide bonds. The molecule has 0 fully saturated rings. The molecule has 0 bridgehead atoms. The minimum absolute atomic E-state index is 0.257. The lowest BCUT2D eigenvalue weighted by molar-refractivity contribution is 0.102. The molecular weight excluding hydrogens is 368 g/mol. The summed E-state index contributed by atoms with van der Waals surface area (Å²) < 4.78 is 5.79. The monoisotopic (exact) mass is 388 g/mol. The van der Waals surface area contributed by atoms with Crippen molar-refractivity contribution in [3.8, 4) is 12.1 Å². The van der Waals surface area contributed by atoms with E-state index in [0.717, 1.165) is 27.0 Å². The Labute approximate surface area is 169 Å². The molecule has 0 aliphatic carbocycles. The van der Waals surface area contributed by atoms with Crippen LogP contribution in [0.4, 0.5) is 0 Å². The fraction of sp³-hybridized carbons (Fsp3) is 0.227. The van der Waals surface area contributed by atoms with Gasteiger partial charge in [0.1, 0.15) is 17.5 Å². The van der Waals surface area contributed by atoms with Crippen LogP contribution in [0.2, 0.25) is 0 Å². The van der Waals surface area contributed by atoms with Crippen LogP contribution in [0.15, 0.2) is 58.5 Å². The lowest BCUT2D eigenvalue weighted by Gasteiger charge is -2.06. The minimum Gasteiger partial charge on any atom is -0.369 e. The summed E-state index contributed by atoms with van der Waals surface area (Å²) in [4.78, 5) is 8.86. The van der Waals surface area contributed by atoms with Gasteiger partial charge in [0, 0.05) is 4.90 Å². The molecule has 3 aromatic rings. The molecule has 0 aliphatic rings. The molecule has 1 N–H and O–H groups in total. The van der Waals surface area contributed by atoms with Crippen molar-refractivity contribution in [1.29, 1.82) is 10.5 Å². The van der Waals surface area contributed by atoms with E-state index in [-0.39, 0.29) is 5.92 Å². The van der Waals surface area contributed by atoms with Crippen molar-refractivity contribution < 1.29 is 4.74 Å². The van der Waals surface area contributed by atoms with Gasteiger partial charge in [-0.1, -0.05) is 55.9 Å². The van der Waals surface area contributed by atoms with Crippen molar-refractivity contribution in [1.82, 2.24) is 9.97 Å². The maximum absolute atomic E-state index is 9.18. The molecule has 0 saturated heterocycles. The second kappa shape index (κ2) is 9.23. The molecule has 1 heterocycles. The quantitative estimate of drug-likeness (QED) is 0.605. The number of nitrogens with zero attached hydrogens (tertiary/aromatic N) is 3. The van der Waals surface area contributed by atoms with Gasteiger partial charge in [-0.3, -0.25) is 0 Å². The summed E-state index contributed by atoms with van der Waals surface area (Å²) in [5, 5.41) is 19.2. The van der Waals surface area contributed by atoms with E-state index < -0.39 is 0 Å². The SMILES string of the molecule is CC(C)c1[nH]c(COCc2ccccc2)nc1Sc1cc(C#N)cc(C#N)c1. The van der Waals surface area contributed by atoms with Crippen LogP contribution in [-0.2, 0) is 18.0 Å². The number of imidazole rings is 1. The number of nitrogens with one attached hydrogen (secondary N) is 1. The summed E-state index contributed by atoms with van der Waals surface area (Å²) >= 11 is 1.45. The lowest BCUT2D eigenvalue weighted by atomic mass is 10.1. The van der Waals surface area contributed by atoms with Crippen LogP contribution in [-0.4, -0.2) is 9.97 Å². The van der Waals surface area contributed by atoms with Gasteiger partial charge in [-0.2, -0.15) is 10.5 Å². The molecular formula is C22H20N4OS. The smallest absolute Gasteiger partial charge is 0.133 e. The molecule has 140 valence electrons. The number of benzene rings is 2. The minimum atomic E-state index is 0.257. The first-order chi connectivity index (χ1) is 13.6. The molecule has 28 heavy (non-hydrogen) atoms. The number of hydrogen-bond acceptors (Lipinski definition) is 5. The van der Waals surface area contributed by atoms with E-state index in [4.69, 9.17) is 4.74 Å². The predicted octanol–water partition coefficient (Wildman–Crippen LogP) is 5.14. The summed E-state index contributed by atoms with van der Waals surface area (Å²) in [5.74, 6) is 1.02. The Kier molecular flexibility index (Phi) is 6.49. The van der Waals surface area contributed by atoms with Gasteiger partial charge in [-0.25, -0.2) is 4.98 Å². The first-order valence-electron chi connectivity index (χ1n) is 8.92. The Morgan fingerprint density at radius 3 is 2.32 bits per heavy atom. The van der Waals surface area contributed by atoms with Gasteiger partial charge >= 0.3 is 0 Å². The van der Waals surface area contributed by atoms with E-state index in [1.54, 1.807) is 18.2 Å². The highest BCUT2D eigenvalue weighted by atomic mass is 32.2. The molecule has 0 atom stereocenters. The van der Waals surface area contributed by atoms with E-state index in [9.17, 15) is 10.5 Å². The Hall–Kier alpha value is -3.06. The maximum Gasteiger partial charge on any atom is 0.133 e. The third-order valence-corrected chi connectivity index (χ3v) is 5.03. The van der Waals surface area contributed by atoms with E-state index in [1.165, 1.54) is 11.8 Å². The summed E-state index contributed by atoms with van der Waals surface area (Å²) in [6, 6.07) is 19.3. The molecule has 0 radical (unpaired) electrons. The highest BCUT2D eigenvalue weighted by Gasteiger charge is 2.15. The molecule has 0 aliphatic heterocycles. The van der Waals surface area contributed by atoms with Gasteiger partial charge in [0.05, 0.1) is 35.6 Å². The average Bonchev–Trinajstić information content (AvgIpc) is 3.11. The van der Waals surface area contributed by atoms with Gasteiger partial charge in [0.25, 0.3) is 0 Å². The van der Waals surface area contributed by atoms with Crippen molar-refractivity contribution >= 4 is 11.8 Å². The van der Waals surface area contributed by atoms with Gasteiger partial charge in [0.15, 0.2) is 0 Å². The first-order valence-corrected chi connectivity index (χ1v) is 9.74. The first kappa shape index (κ1) is 19.7. The number of aromatic nitrogens is 2. The zero-order valence-electron chi connectivity index (χ0n) is 15.8. The summed E-state index contributed by atoms with van der Waals surface area (Å²) in [7, 11) is 0. The van der Waals surface area contributed by atoms with E-state index in [2.05, 4.69) is 36.0 Å². The van der Waals surface area contributed by atoms with Gasteiger partial charge < -0.3 is 9.72 Å². The second-order valence-electron chi connectivity index (χ2n) is 6.61. The van der Waals surface area contributed by atoms with Crippen LogP contribution in [0.3, 0.4) is 0 Å². The number of rotatable bonds is 7. The molecule has 5 nitrogen and oxygen atoms in total. The molecule has 0 unspecified atom stereocenters. The largest absolute Gasteiger partial charge is 0.369 e. The van der Waals surface area contributed by atoms with E-state index in [1.807, 2.05) is 30.3 Å². The van der Waals surface area contributed by atoms with Crippen molar-refractivity contribution in [3.63, 3.8) is 0 Å². The fourth-order valence-electron chi connectivity index (χ4n) is 2.70. The Morgan fingerprint density at radius 2 is 1.71 bits per heavy atom. The zero-order valence-corrected chi connectivity index (χ0v) is 16.6. The normalized spacial score (nSPS) is 10.6. The number of nitriles is 2. The third-order valence-electron chi connectivity index (χ3n) is 4.05. The molecule has 3 rings (SSSR count). The molecule has 0 spiro atoms. The summed E-state index contributed by atoms with van der Waals surface area (Å²) in [5.41, 5.74) is 3.07. The van der Waals surface area contributed by atoms with E-state index in [0.29, 0.717) is 24.3 Å². The van der Waals surface area contributed by atoms with Crippen molar-refractivity contribution in [2.75, 3.05) is 0 Å². The number of hydrogen-bond donors (Lipinski definition) is 1. The average molecular weight is 388 g/mol. The second-order valence-corrected chi connectivity index (χ2v) is 7.67. The van der Waals surface area contributed by atoms with E-state index >= 15 is 0 Å². The Morgan fingerprint density at radius 1 is 1.04 bits per heavy atom. The number of aromatic amines is 1. The molecule has 0 saturated carbocycles. The predicted molar refractivity (Wildman–Crippen MR) is 108 cm³/mol. The number of ether oxygens (including phenoxy) is 1. The third kappa shape index (κ3) is 5.01. The van der Waals surface area contributed by atoms with Crippen LogP contribution in [0.1, 0.15) is 48.0 Å². The molecule has 2 aromatic carbocycles. The standard InChI is InChI=1S/C22H20N4OS/c1-15(2)21-22(28-19-9-17(11-23)8-18(10-19)12-24)26-20(25-21)14-27-13-16-6-4-3-5-7-16/h3-10,15H,13-14H2,1-2H3,(H,25,26). The van der Waals surface area contributed by atoms with Gasteiger partial charge in [0.2, 0.25) is 0 Å². The lowest BCUT2D eigenvalue weighted by Crippen LogP contribution is -1.96. The van der Waals surface area contributed by atoms with Crippen LogP contribution in [0.25, 0.3) is 0 Å². The van der Waals surface area contributed by atoms with Crippen molar-refractivity contribution in [2.45, 2.75) is 42.9 Å². The molecule has 6 heteroatoms. The van der Waals surface area contributed by atoms with Crippen LogP contribution >= 0.6 is 11.8 Å².